The van der Waals surface area contributed by atoms with Gasteiger partial charge in [-0.05, 0) is 36.8 Å². The van der Waals surface area contributed by atoms with Crippen molar-refractivity contribution in [1.29, 1.82) is 0 Å². The van der Waals surface area contributed by atoms with E-state index in [9.17, 15) is 0 Å². The molecule has 0 saturated heterocycles. The van der Waals surface area contributed by atoms with Gasteiger partial charge in [0.15, 0.2) is 0 Å². The number of nitrogens with zero attached hydrogens (tertiary/aromatic N) is 1. The third-order valence-electron chi connectivity index (χ3n) is 5.03. The van der Waals surface area contributed by atoms with Gasteiger partial charge in [0.05, 0.1) is 5.54 Å². The lowest BCUT2D eigenvalue weighted by molar-refractivity contribution is 0.142. The summed E-state index contributed by atoms with van der Waals surface area (Å²) < 4.78 is 0. The van der Waals surface area contributed by atoms with E-state index in [4.69, 9.17) is 5.73 Å². The van der Waals surface area contributed by atoms with E-state index >= 15 is 0 Å². The Balaban J connectivity index is 2.34. The zero-order valence-electron chi connectivity index (χ0n) is 12.6. The lowest BCUT2D eigenvalue weighted by atomic mass is 9.67. The molecule has 1 aromatic rings. The molecule has 2 atom stereocenters. The van der Waals surface area contributed by atoms with E-state index in [2.05, 4.69) is 56.1 Å². The zero-order valence-corrected chi connectivity index (χ0v) is 12.6. The molecule has 0 heterocycles. The summed E-state index contributed by atoms with van der Waals surface area (Å²) in [7, 11) is 2.23. The maximum absolute atomic E-state index is 6.26. The number of anilines is 1. The fourth-order valence-corrected chi connectivity index (χ4v) is 3.92. The van der Waals surface area contributed by atoms with Gasteiger partial charge in [-0.1, -0.05) is 44.9 Å². The topological polar surface area (TPSA) is 29.3 Å². The van der Waals surface area contributed by atoms with Gasteiger partial charge in [0.2, 0.25) is 0 Å². The van der Waals surface area contributed by atoms with Gasteiger partial charge in [0.25, 0.3) is 0 Å². The molecule has 0 amide bonds. The molecule has 19 heavy (non-hydrogen) atoms. The number of likely N-dealkylation sites (N-methyl/N-ethyl adjacent to an activating group) is 1. The molecule has 0 bridgehead atoms. The number of hydrogen-bond donors (Lipinski definition) is 1. The van der Waals surface area contributed by atoms with Crippen molar-refractivity contribution in [3.63, 3.8) is 0 Å². The molecule has 106 valence electrons. The summed E-state index contributed by atoms with van der Waals surface area (Å²) in [6.07, 6.45) is 5.19. The van der Waals surface area contributed by atoms with Gasteiger partial charge in [-0.15, -0.1) is 0 Å². The molecule has 2 nitrogen and oxygen atoms in total. The van der Waals surface area contributed by atoms with Crippen molar-refractivity contribution in [1.82, 2.24) is 0 Å². The minimum Gasteiger partial charge on any atom is -0.367 e. The van der Waals surface area contributed by atoms with Crippen LogP contribution in [0.2, 0.25) is 0 Å². The van der Waals surface area contributed by atoms with Crippen molar-refractivity contribution in [2.45, 2.75) is 45.1 Å². The fraction of sp³-hybridized carbons (Fsp3) is 0.647. The van der Waals surface area contributed by atoms with E-state index in [-0.39, 0.29) is 5.54 Å². The molecule has 2 unspecified atom stereocenters. The monoisotopic (exact) mass is 260 g/mol. The molecule has 1 aliphatic rings. The number of nitrogens with two attached hydrogens (primary N) is 1. The smallest absolute Gasteiger partial charge is 0.0551 e. The van der Waals surface area contributed by atoms with Crippen LogP contribution in [0.5, 0.6) is 0 Å². The van der Waals surface area contributed by atoms with Crippen LogP contribution >= 0.6 is 0 Å². The van der Waals surface area contributed by atoms with Gasteiger partial charge < -0.3 is 10.6 Å². The van der Waals surface area contributed by atoms with Crippen LogP contribution in [0.3, 0.4) is 0 Å². The highest BCUT2D eigenvalue weighted by Crippen LogP contribution is 2.43. The summed E-state index contributed by atoms with van der Waals surface area (Å²) in [5.41, 5.74) is 7.69. The van der Waals surface area contributed by atoms with Crippen molar-refractivity contribution < 1.29 is 0 Å². The van der Waals surface area contributed by atoms with Crippen LogP contribution in [-0.4, -0.2) is 19.1 Å². The minimum atomic E-state index is 0.133. The molecular weight excluding hydrogens is 232 g/mol. The van der Waals surface area contributed by atoms with E-state index in [1.54, 1.807) is 0 Å². The van der Waals surface area contributed by atoms with Crippen LogP contribution in [0.15, 0.2) is 30.3 Å². The number of hydrogen-bond acceptors (Lipinski definition) is 2. The van der Waals surface area contributed by atoms with Gasteiger partial charge in [0, 0.05) is 19.3 Å². The van der Waals surface area contributed by atoms with E-state index in [1.807, 2.05) is 0 Å². The summed E-state index contributed by atoms with van der Waals surface area (Å²) >= 11 is 0. The molecule has 1 aromatic carbocycles. The highest BCUT2D eigenvalue weighted by Gasteiger charge is 2.44. The standard InChI is InChI=1S/C17H28N2/c1-14(2)16-11-7-8-12-17(16,13-18)19(3)15-9-5-4-6-10-15/h4-6,9-10,14,16H,7-8,11-13,18H2,1-3H3. The largest absolute Gasteiger partial charge is 0.367 e. The van der Waals surface area contributed by atoms with Crippen LogP contribution in [0.4, 0.5) is 5.69 Å². The van der Waals surface area contributed by atoms with E-state index in [0.29, 0.717) is 11.8 Å². The van der Waals surface area contributed by atoms with E-state index < -0.39 is 0 Å². The van der Waals surface area contributed by atoms with Crippen LogP contribution in [0.1, 0.15) is 39.5 Å². The Bertz CT molecular complexity index is 388. The summed E-state index contributed by atoms with van der Waals surface area (Å²) in [6, 6.07) is 10.7. The normalized spacial score (nSPS) is 27.5. The van der Waals surface area contributed by atoms with Crippen LogP contribution < -0.4 is 10.6 Å². The fourth-order valence-electron chi connectivity index (χ4n) is 3.92. The Hall–Kier alpha value is -1.02. The highest BCUT2D eigenvalue weighted by atomic mass is 15.2. The first-order chi connectivity index (χ1) is 9.12. The first-order valence-corrected chi connectivity index (χ1v) is 7.61. The van der Waals surface area contributed by atoms with Gasteiger partial charge in [0.1, 0.15) is 0 Å². The van der Waals surface area contributed by atoms with Crippen molar-refractivity contribution >= 4 is 5.69 Å². The van der Waals surface area contributed by atoms with Gasteiger partial charge in [-0.25, -0.2) is 0 Å². The average Bonchev–Trinajstić information content (AvgIpc) is 2.47. The quantitative estimate of drug-likeness (QED) is 0.895. The van der Waals surface area contributed by atoms with Crippen LogP contribution in [-0.2, 0) is 0 Å². The minimum absolute atomic E-state index is 0.133. The zero-order chi connectivity index (χ0) is 13.9. The number of para-hydroxylation sites is 1. The molecule has 0 spiro atoms. The van der Waals surface area contributed by atoms with Crippen molar-refractivity contribution in [3.8, 4) is 0 Å². The Kier molecular flexibility index (Phi) is 4.51. The molecule has 1 fully saturated rings. The van der Waals surface area contributed by atoms with Crippen LogP contribution in [0, 0.1) is 11.8 Å². The summed E-state index contributed by atoms with van der Waals surface area (Å²) in [6.45, 7) is 5.44. The lowest BCUT2D eigenvalue weighted by Gasteiger charge is -2.52. The Morgan fingerprint density at radius 2 is 1.95 bits per heavy atom. The average molecular weight is 260 g/mol. The molecule has 2 heteroatoms. The Labute approximate surface area is 118 Å². The molecule has 0 aromatic heterocycles. The van der Waals surface area contributed by atoms with Crippen LogP contribution in [0.25, 0.3) is 0 Å². The second-order valence-corrected chi connectivity index (χ2v) is 6.30. The molecule has 2 N–H and O–H groups in total. The molecule has 0 aliphatic heterocycles. The second kappa shape index (κ2) is 5.96. The first kappa shape index (κ1) is 14.4. The number of rotatable bonds is 4. The van der Waals surface area contributed by atoms with Gasteiger partial charge >= 0.3 is 0 Å². The summed E-state index contributed by atoms with van der Waals surface area (Å²) in [5.74, 6) is 1.38. The lowest BCUT2D eigenvalue weighted by Crippen LogP contribution is -2.60. The molecule has 1 aliphatic carbocycles. The third-order valence-corrected chi connectivity index (χ3v) is 5.03. The summed E-state index contributed by atoms with van der Waals surface area (Å²) in [4.78, 5) is 2.46. The number of benzene rings is 1. The predicted octanol–water partition coefficient (Wildman–Crippen LogP) is 3.67. The first-order valence-electron chi connectivity index (χ1n) is 7.61. The molecule has 2 rings (SSSR count). The van der Waals surface area contributed by atoms with Crippen molar-refractivity contribution in [3.05, 3.63) is 30.3 Å². The van der Waals surface area contributed by atoms with Gasteiger partial charge in [-0.3, -0.25) is 0 Å². The van der Waals surface area contributed by atoms with Crippen molar-refractivity contribution in [2.75, 3.05) is 18.5 Å². The van der Waals surface area contributed by atoms with Gasteiger partial charge in [-0.2, -0.15) is 0 Å². The van der Waals surface area contributed by atoms with E-state index in [0.717, 1.165) is 6.54 Å². The Morgan fingerprint density at radius 3 is 2.53 bits per heavy atom. The highest BCUT2D eigenvalue weighted by molar-refractivity contribution is 5.48. The molecular formula is C17H28N2. The summed E-state index contributed by atoms with van der Waals surface area (Å²) in [5, 5.41) is 0. The molecule has 0 radical (unpaired) electrons. The predicted molar refractivity (Wildman–Crippen MR) is 83.4 cm³/mol. The maximum atomic E-state index is 6.26. The maximum Gasteiger partial charge on any atom is 0.0551 e. The molecule has 1 saturated carbocycles. The SMILES string of the molecule is CC(C)C1CCCCC1(CN)N(C)c1ccccc1. The van der Waals surface area contributed by atoms with E-state index in [1.165, 1.54) is 31.4 Å². The Morgan fingerprint density at radius 1 is 1.26 bits per heavy atom. The second-order valence-electron chi connectivity index (χ2n) is 6.30. The third kappa shape index (κ3) is 2.64. The van der Waals surface area contributed by atoms with Crippen molar-refractivity contribution in [2.24, 2.45) is 17.6 Å².